The average molecular weight is 1030 g/mol. The Morgan fingerprint density at radius 2 is 0.792 bits per heavy atom. The van der Waals surface area contributed by atoms with Gasteiger partial charge in [-0.05, 0) is 51.4 Å². The molecular formula is C62H112NO8P. The van der Waals surface area contributed by atoms with Crippen molar-refractivity contribution in [2.24, 2.45) is 0 Å². The van der Waals surface area contributed by atoms with Crippen LogP contribution in [-0.4, -0.2) is 70.0 Å². The van der Waals surface area contributed by atoms with Crippen LogP contribution in [0.3, 0.4) is 0 Å². The molecule has 10 heteroatoms. The van der Waals surface area contributed by atoms with Gasteiger partial charge in [-0.2, -0.15) is 0 Å². The molecule has 0 rings (SSSR count). The van der Waals surface area contributed by atoms with Crippen molar-refractivity contribution in [2.75, 3.05) is 47.5 Å². The monoisotopic (exact) mass is 1030 g/mol. The summed E-state index contributed by atoms with van der Waals surface area (Å²) in [6.45, 7) is 4.06. The molecule has 0 bridgehead atoms. The number of rotatable bonds is 54. The van der Waals surface area contributed by atoms with E-state index in [2.05, 4.69) is 74.6 Å². The number of quaternary nitrogens is 1. The number of likely N-dealkylation sites (N-methyl/N-ethyl adjacent to an activating group) is 1. The van der Waals surface area contributed by atoms with Crippen molar-refractivity contribution in [1.82, 2.24) is 0 Å². The largest absolute Gasteiger partial charge is 0.756 e. The van der Waals surface area contributed by atoms with E-state index in [0.29, 0.717) is 17.4 Å². The van der Waals surface area contributed by atoms with E-state index in [1.165, 1.54) is 167 Å². The molecule has 9 nitrogen and oxygen atoms in total. The summed E-state index contributed by atoms with van der Waals surface area (Å²) in [4.78, 5) is 37.8. The third kappa shape index (κ3) is 56.7. The average Bonchev–Trinajstić information content (AvgIpc) is 3.34. The quantitative estimate of drug-likeness (QED) is 0.0195. The highest BCUT2D eigenvalue weighted by Crippen LogP contribution is 2.38. The zero-order chi connectivity index (χ0) is 52.7. The lowest BCUT2D eigenvalue weighted by Crippen LogP contribution is -2.37. The molecule has 0 saturated heterocycles. The van der Waals surface area contributed by atoms with Crippen LogP contribution in [0.25, 0.3) is 0 Å². The van der Waals surface area contributed by atoms with Gasteiger partial charge in [0.15, 0.2) is 6.10 Å². The molecule has 0 amide bonds. The topological polar surface area (TPSA) is 111 Å². The highest BCUT2D eigenvalue weighted by Gasteiger charge is 2.21. The second-order valence-corrected chi connectivity index (χ2v) is 22.4. The molecule has 0 aromatic carbocycles. The van der Waals surface area contributed by atoms with Gasteiger partial charge < -0.3 is 27.9 Å². The number of hydrogen-bond acceptors (Lipinski definition) is 8. The third-order valence-electron chi connectivity index (χ3n) is 12.8. The predicted octanol–water partition coefficient (Wildman–Crippen LogP) is 17.8. The molecule has 0 aromatic rings. The molecule has 0 aliphatic rings. The Balaban J connectivity index is 4.15. The summed E-state index contributed by atoms with van der Waals surface area (Å²) in [7, 11) is 1.12. The number of phosphoric ester groups is 1. The fraction of sp³-hybridized carbons (Fsp3) is 0.774. The summed E-state index contributed by atoms with van der Waals surface area (Å²) < 4.78 is 34.0. The maximum Gasteiger partial charge on any atom is 0.306 e. The number of carbonyl (C=O) groups excluding carboxylic acids is 2. The molecule has 2 unspecified atom stereocenters. The minimum atomic E-state index is -4.66. The molecule has 0 heterocycles. The van der Waals surface area contributed by atoms with Gasteiger partial charge >= 0.3 is 11.9 Å². The van der Waals surface area contributed by atoms with E-state index in [4.69, 9.17) is 18.5 Å². The van der Waals surface area contributed by atoms with Crippen LogP contribution >= 0.6 is 7.82 Å². The first-order valence-corrected chi connectivity index (χ1v) is 31.1. The predicted molar refractivity (Wildman–Crippen MR) is 305 cm³/mol. The van der Waals surface area contributed by atoms with E-state index in [1.807, 2.05) is 33.3 Å². The van der Waals surface area contributed by atoms with Crippen LogP contribution in [0.15, 0.2) is 72.9 Å². The standard InChI is InChI=1S/C62H112NO8P/c1-6-8-10-12-14-16-18-20-22-24-26-27-28-29-30-31-32-33-34-35-37-38-40-42-44-46-48-50-52-54-61(64)68-58-60(59-70-72(66,67)69-57-56-63(3,4)5)71-62(65)55-53-51-49-47-45-43-41-39-36-25-23-21-19-17-15-13-11-9-7-2/h9,11,15,17,21,23,36,39,43,45,49,51,60H,6-8,10,12-14,16,18-20,22,24-35,37-38,40-42,44,46-48,50,52-59H2,1-5H3/b11-9-,17-15-,23-21-,39-36-,45-43-,51-49-. The maximum atomic E-state index is 12.7. The molecule has 0 N–H and O–H groups in total. The molecule has 418 valence electrons. The zero-order valence-corrected chi connectivity index (χ0v) is 48.3. The van der Waals surface area contributed by atoms with Gasteiger partial charge in [-0.3, -0.25) is 14.2 Å². The number of ether oxygens (including phenoxy) is 2. The number of phosphoric acid groups is 1. The minimum Gasteiger partial charge on any atom is -0.756 e. The molecule has 0 aromatic heterocycles. The summed E-state index contributed by atoms with van der Waals surface area (Å²) in [6, 6.07) is 0. The van der Waals surface area contributed by atoms with Crippen LogP contribution in [-0.2, 0) is 32.7 Å². The van der Waals surface area contributed by atoms with E-state index in [-0.39, 0.29) is 26.1 Å². The Hall–Kier alpha value is -2.55. The van der Waals surface area contributed by atoms with E-state index >= 15 is 0 Å². The van der Waals surface area contributed by atoms with Gasteiger partial charge in [0.1, 0.15) is 19.8 Å². The maximum absolute atomic E-state index is 12.7. The lowest BCUT2D eigenvalue weighted by atomic mass is 10.0. The Morgan fingerprint density at radius 1 is 0.444 bits per heavy atom. The summed E-state index contributed by atoms with van der Waals surface area (Å²) in [5, 5.41) is 0. The summed E-state index contributed by atoms with van der Waals surface area (Å²) in [6.07, 6.45) is 69.9. The van der Waals surface area contributed by atoms with Crippen molar-refractivity contribution in [1.29, 1.82) is 0 Å². The van der Waals surface area contributed by atoms with Gasteiger partial charge in [0, 0.05) is 12.8 Å². The van der Waals surface area contributed by atoms with Crippen molar-refractivity contribution < 1.29 is 42.1 Å². The van der Waals surface area contributed by atoms with Crippen LogP contribution in [0.4, 0.5) is 0 Å². The second kappa shape index (κ2) is 53.3. The van der Waals surface area contributed by atoms with Crippen molar-refractivity contribution >= 4 is 19.8 Å². The molecular weight excluding hydrogens is 918 g/mol. The van der Waals surface area contributed by atoms with Gasteiger partial charge in [-0.1, -0.05) is 267 Å². The number of esters is 2. The first-order chi connectivity index (χ1) is 35.0. The smallest absolute Gasteiger partial charge is 0.306 e. The van der Waals surface area contributed by atoms with Gasteiger partial charge in [0.05, 0.1) is 27.7 Å². The number of nitrogens with zero attached hydrogens (tertiary/aromatic N) is 1. The van der Waals surface area contributed by atoms with Crippen LogP contribution in [0.1, 0.15) is 258 Å². The van der Waals surface area contributed by atoms with Crippen molar-refractivity contribution in [2.45, 2.75) is 264 Å². The lowest BCUT2D eigenvalue weighted by molar-refractivity contribution is -0.870. The molecule has 0 aliphatic heterocycles. The SMILES string of the molecule is CC/C=C\C/C=C\C/C=C\C/C=C\C/C=C\C/C=C\CCC(=O)OC(COC(=O)CCCCCCCCCCCCCCCCCCCCCCCCCCCCCCC)COP(=O)([O-])OCC[N+](C)(C)C. The first kappa shape index (κ1) is 69.5. The molecule has 72 heavy (non-hydrogen) atoms. The number of allylic oxidation sites excluding steroid dienone is 12. The van der Waals surface area contributed by atoms with Crippen molar-refractivity contribution in [3.8, 4) is 0 Å². The third-order valence-corrected chi connectivity index (χ3v) is 13.7. The first-order valence-electron chi connectivity index (χ1n) is 29.6. The van der Waals surface area contributed by atoms with Crippen LogP contribution in [0, 0.1) is 0 Å². The van der Waals surface area contributed by atoms with Gasteiger partial charge in [-0.15, -0.1) is 0 Å². The molecule has 0 radical (unpaired) electrons. The van der Waals surface area contributed by atoms with E-state index in [0.717, 1.165) is 57.8 Å². The molecule has 0 aliphatic carbocycles. The summed E-state index contributed by atoms with van der Waals surface area (Å²) in [5.74, 6) is -0.926. The van der Waals surface area contributed by atoms with Crippen LogP contribution in [0.5, 0.6) is 0 Å². The fourth-order valence-electron chi connectivity index (χ4n) is 8.21. The summed E-state index contributed by atoms with van der Waals surface area (Å²) in [5.41, 5.74) is 0. The van der Waals surface area contributed by atoms with Gasteiger partial charge in [0.25, 0.3) is 7.82 Å². The Labute approximate surface area is 444 Å². The highest BCUT2D eigenvalue weighted by molar-refractivity contribution is 7.45. The Kier molecular flexibility index (Phi) is 51.4. The Bertz CT molecular complexity index is 1450. The normalized spacial score (nSPS) is 13.8. The van der Waals surface area contributed by atoms with E-state index < -0.39 is 32.5 Å². The molecule has 0 saturated carbocycles. The molecule has 0 fully saturated rings. The summed E-state index contributed by atoms with van der Waals surface area (Å²) >= 11 is 0. The van der Waals surface area contributed by atoms with E-state index in [1.54, 1.807) is 0 Å². The number of unbranched alkanes of at least 4 members (excludes halogenated alkanes) is 28. The van der Waals surface area contributed by atoms with Crippen molar-refractivity contribution in [3.05, 3.63) is 72.9 Å². The Morgan fingerprint density at radius 3 is 1.15 bits per heavy atom. The van der Waals surface area contributed by atoms with Gasteiger partial charge in [0.2, 0.25) is 0 Å². The van der Waals surface area contributed by atoms with E-state index in [9.17, 15) is 19.0 Å². The molecule has 0 spiro atoms. The number of hydrogen-bond donors (Lipinski definition) is 0. The van der Waals surface area contributed by atoms with Crippen LogP contribution < -0.4 is 4.89 Å². The lowest BCUT2D eigenvalue weighted by Gasteiger charge is -2.28. The number of carbonyl (C=O) groups is 2. The van der Waals surface area contributed by atoms with Crippen LogP contribution in [0.2, 0.25) is 0 Å². The fourth-order valence-corrected chi connectivity index (χ4v) is 8.94. The van der Waals surface area contributed by atoms with Crippen molar-refractivity contribution in [3.63, 3.8) is 0 Å². The zero-order valence-electron chi connectivity index (χ0n) is 47.4. The second-order valence-electron chi connectivity index (χ2n) is 21.0. The van der Waals surface area contributed by atoms with Gasteiger partial charge in [-0.25, -0.2) is 0 Å². The molecule has 2 atom stereocenters. The highest BCUT2D eigenvalue weighted by atomic mass is 31.2. The minimum absolute atomic E-state index is 0.0463.